The summed E-state index contributed by atoms with van der Waals surface area (Å²) in [5, 5.41) is 2.61. The lowest BCUT2D eigenvalue weighted by atomic mass is 9.71. The van der Waals surface area contributed by atoms with Crippen molar-refractivity contribution < 1.29 is 0 Å². The van der Waals surface area contributed by atoms with Crippen LogP contribution < -0.4 is 0 Å². The molecule has 5 aromatic rings. The Morgan fingerprint density at radius 2 is 1.03 bits per heavy atom. The van der Waals surface area contributed by atoms with Crippen LogP contribution in [0.1, 0.15) is 71.8 Å². The monoisotopic (exact) mass is 460 g/mol. The minimum Gasteiger partial charge on any atom is -0.313 e. The van der Waals surface area contributed by atoms with Gasteiger partial charge in [0.05, 0.1) is 11.0 Å². The van der Waals surface area contributed by atoms with Crippen molar-refractivity contribution >= 4 is 21.8 Å². The normalized spacial score (nSPS) is 16.8. The summed E-state index contributed by atoms with van der Waals surface area (Å²) in [7, 11) is 0. The van der Waals surface area contributed by atoms with Gasteiger partial charge in [0.1, 0.15) is 0 Å². The minimum atomic E-state index is -0.0287. The van der Waals surface area contributed by atoms with Gasteiger partial charge >= 0.3 is 0 Å². The Bertz CT molecular complexity index is 1490. The molecule has 2 bridgehead atoms. The first-order valence-electron chi connectivity index (χ1n) is 12.8. The summed E-state index contributed by atoms with van der Waals surface area (Å²) >= 11 is 0. The average molecular weight is 461 g/mol. The SMILES string of the molecule is CC(C)(C)c1cc2cc(c1)-n1c(cc3ccccc31)C(C)(C)CC(C)(C)c1cc3ccccc3n1-2. The first-order chi connectivity index (χ1) is 16.5. The number of para-hydroxylation sites is 2. The fourth-order valence-electron chi connectivity index (χ4n) is 6.43. The van der Waals surface area contributed by atoms with E-state index in [9.17, 15) is 0 Å². The molecule has 2 nitrogen and oxygen atoms in total. The molecule has 35 heavy (non-hydrogen) atoms. The van der Waals surface area contributed by atoms with Crippen LogP contribution >= 0.6 is 0 Å². The number of rotatable bonds is 0. The summed E-state index contributed by atoms with van der Waals surface area (Å²) in [6, 6.07) is 29.7. The Kier molecular flexibility index (Phi) is 4.53. The molecule has 0 N–H and O–H groups in total. The highest BCUT2D eigenvalue weighted by Gasteiger charge is 2.37. The lowest BCUT2D eigenvalue weighted by Gasteiger charge is -2.38. The summed E-state index contributed by atoms with van der Waals surface area (Å²) in [6.45, 7) is 16.6. The summed E-state index contributed by atoms with van der Waals surface area (Å²) in [4.78, 5) is 0. The molecule has 178 valence electrons. The van der Waals surface area contributed by atoms with Crippen LogP contribution in [0.25, 0.3) is 33.2 Å². The molecule has 2 aromatic heterocycles. The number of nitrogens with zero attached hydrogens (tertiary/aromatic N) is 2. The van der Waals surface area contributed by atoms with E-state index in [1.54, 1.807) is 0 Å². The van der Waals surface area contributed by atoms with Gasteiger partial charge in [-0.15, -0.1) is 0 Å². The molecular formula is C33H36N2. The highest BCUT2D eigenvalue weighted by atomic mass is 15.0. The van der Waals surface area contributed by atoms with Gasteiger partial charge in [0.2, 0.25) is 0 Å². The molecular weight excluding hydrogens is 424 g/mol. The maximum atomic E-state index is 2.53. The van der Waals surface area contributed by atoms with Crippen LogP contribution in [0.4, 0.5) is 0 Å². The summed E-state index contributed by atoms with van der Waals surface area (Å²) in [5.41, 5.74) is 9.16. The van der Waals surface area contributed by atoms with Gasteiger partial charge in [0.15, 0.2) is 0 Å². The van der Waals surface area contributed by atoms with Crippen molar-refractivity contribution in [2.45, 2.75) is 71.1 Å². The number of benzene rings is 3. The van der Waals surface area contributed by atoms with E-state index in [0.717, 1.165) is 6.42 Å². The van der Waals surface area contributed by atoms with Crippen molar-refractivity contribution in [1.29, 1.82) is 0 Å². The second-order valence-corrected chi connectivity index (χ2v) is 12.8. The molecule has 0 saturated carbocycles. The van der Waals surface area contributed by atoms with Crippen LogP contribution in [0, 0.1) is 0 Å². The molecule has 0 saturated heterocycles. The van der Waals surface area contributed by atoms with Gasteiger partial charge in [-0.25, -0.2) is 0 Å². The zero-order valence-corrected chi connectivity index (χ0v) is 22.1. The van der Waals surface area contributed by atoms with Gasteiger partial charge in [-0.2, -0.15) is 0 Å². The first-order valence-corrected chi connectivity index (χ1v) is 12.8. The Balaban J connectivity index is 1.82. The van der Waals surface area contributed by atoms with Crippen molar-refractivity contribution in [3.8, 4) is 11.4 Å². The molecule has 0 amide bonds. The van der Waals surface area contributed by atoms with Crippen molar-refractivity contribution in [2.24, 2.45) is 0 Å². The second kappa shape index (κ2) is 7.13. The molecule has 6 rings (SSSR count). The van der Waals surface area contributed by atoms with Crippen LogP contribution in [0.5, 0.6) is 0 Å². The molecule has 1 aliphatic rings. The molecule has 3 heterocycles. The van der Waals surface area contributed by atoms with E-state index in [4.69, 9.17) is 0 Å². The lowest BCUT2D eigenvalue weighted by Crippen LogP contribution is -2.33. The quantitative estimate of drug-likeness (QED) is 0.218. The number of hydrogen-bond donors (Lipinski definition) is 0. The van der Waals surface area contributed by atoms with E-state index in [2.05, 4.69) is 136 Å². The summed E-state index contributed by atoms with van der Waals surface area (Å²) < 4.78 is 5.06. The third kappa shape index (κ3) is 3.37. The average Bonchev–Trinajstić information content (AvgIpc) is 3.37. The Labute approximate surface area is 209 Å². The summed E-state index contributed by atoms with van der Waals surface area (Å²) in [6.07, 6.45) is 1.04. The maximum Gasteiger partial charge on any atom is 0.0531 e. The number of aromatic nitrogens is 2. The molecule has 0 fully saturated rings. The van der Waals surface area contributed by atoms with Crippen LogP contribution in [0.15, 0.2) is 78.9 Å². The Hall–Kier alpha value is -3.26. The molecule has 0 radical (unpaired) electrons. The summed E-state index contributed by atoms with van der Waals surface area (Å²) in [5.74, 6) is 0. The van der Waals surface area contributed by atoms with Crippen LogP contribution in [0.2, 0.25) is 0 Å². The predicted molar refractivity (Wildman–Crippen MR) is 149 cm³/mol. The zero-order chi connectivity index (χ0) is 24.8. The second-order valence-electron chi connectivity index (χ2n) is 12.8. The van der Waals surface area contributed by atoms with E-state index in [-0.39, 0.29) is 16.2 Å². The van der Waals surface area contributed by atoms with Crippen LogP contribution in [0.3, 0.4) is 0 Å². The Morgan fingerprint density at radius 1 is 0.600 bits per heavy atom. The minimum absolute atomic E-state index is 0.0287. The van der Waals surface area contributed by atoms with Crippen molar-refractivity contribution in [3.05, 3.63) is 95.8 Å². The van der Waals surface area contributed by atoms with E-state index < -0.39 is 0 Å². The standard InChI is InChI=1S/C33H36N2/c1-31(2,3)24-18-25-20-26(19-24)35-28-15-11-9-13-23(28)17-30(35)33(6,7)21-32(4,5)29-16-22-12-8-10-14-27(22)34(25)29/h8-20H,21H2,1-7H3. The van der Waals surface area contributed by atoms with Gasteiger partial charge < -0.3 is 9.13 Å². The molecule has 1 aliphatic heterocycles. The third-order valence-corrected chi connectivity index (χ3v) is 7.98. The zero-order valence-electron chi connectivity index (χ0n) is 22.1. The van der Waals surface area contributed by atoms with Crippen LogP contribution in [-0.2, 0) is 16.2 Å². The number of hydrogen-bond acceptors (Lipinski definition) is 0. The highest BCUT2D eigenvalue weighted by molar-refractivity contribution is 5.86. The predicted octanol–water partition coefficient (Wildman–Crippen LogP) is 8.83. The van der Waals surface area contributed by atoms with Crippen molar-refractivity contribution in [3.63, 3.8) is 0 Å². The molecule has 0 atom stereocenters. The maximum absolute atomic E-state index is 2.53. The van der Waals surface area contributed by atoms with Crippen LogP contribution in [-0.4, -0.2) is 9.13 Å². The van der Waals surface area contributed by atoms with Gasteiger partial charge in [0, 0.05) is 44.4 Å². The molecule has 0 unspecified atom stereocenters. The highest BCUT2D eigenvalue weighted by Crippen LogP contribution is 2.45. The van der Waals surface area contributed by atoms with E-state index in [0.29, 0.717) is 0 Å². The molecule has 0 spiro atoms. The molecule has 2 heteroatoms. The fraction of sp³-hybridized carbons (Fsp3) is 0.333. The molecule has 0 aliphatic carbocycles. The van der Waals surface area contributed by atoms with E-state index >= 15 is 0 Å². The van der Waals surface area contributed by atoms with Crippen molar-refractivity contribution in [2.75, 3.05) is 0 Å². The van der Waals surface area contributed by atoms with Gasteiger partial charge in [-0.3, -0.25) is 0 Å². The number of fused-ring (bicyclic) bond motifs is 10. The first kappa shape index (κ1) is 22.2. The largest absolute Gasteiger partial charge is 0.313 e. The third-order valence-electron chi connectivity index (χ3n) is 7.98. The van der Waals surface area contributed by atoms with Gasteiger partial charge in [-0.05, 0) is 59.9 Å². The van der Waals surface area contributed by atoms with Crippen molar-refractivity contribution in [1.82, 2.24) is 9.13 Å². The fourth-order valence-corrected chi connectivity index (χ4v) is 6.43. The molecule has 3 aromatic carbocycles. The van der Waals surface area contributed by atoms with Gasteiger partial charge in [0.25, 0.3) is 0 Å². The topological polar surface area (TPSA) is 9.86 Å². The lowest BCUT2D eigenvalue weighted by molar-refractivity contribution is 0.331. The Morgan fingerprint density at radius 3 is 1.46 bits per heavy atom. The van der Waals surface area contributed by atoms with E-state index in [1.165, 1.54) is 50.1 Å². The van der Waals surface area contributed by atoms with E-state index in [1.807, 2.05) is 0 Å². The van der Waals surface area contributed by atoms with Gasteiger partial charge in [-0.1, -0.05) is 84.9 Å². The smallest absolute Gasteiger partial charge is 0.0531 e.